The SMILES string of the molecule is Cc1cc2c(/C=C3\N=C(c4ccccc4)C=C3c3ccccc3)[nH]c(-c3ccccc3)c2cc1C. The standard InChI is InChI=1S/C33H26N2/c1-22-18-28-29(19-23(22)2)33(26-16-10-5-11-17-26)35-32(28)21-31-27(24-12-6-3-7-13-24)20-30(34-31)25-14-8-4-9-15-25/h3-21,35H,1-2H3/b31-21-. The highest BCUT2D eigenvalue weighted by Gasteiger charge is 2.19. The lowest BCUT2D eigenvalue weighted by Gasteiger charge is -2.05. The summed E-state index contributed by atoms with van der Waals surface area (Å²) in [5.41, 5.74) is 11.4. The molecule has 0 radical (unpaired) electrons. The van der Waals surface area contributed by atoms with E-state index < -0.39 is 0 Å². The van der Waals surface area contributed by atoms with Gasteiger partial charge in [-0.25, -0.2) is 4.99 Å². The van der Waals surface area contributed by atoms with Gasteiger partial charge >= 0.3 is 0 Å². The first-order chi connectivity index (χ1) is 17.2. The van der Waals surface area contributed by atoms with Crippen LogP contribution in [0.25, 0.3) is 33.7 Å². The number of hydrogen-bond acceptors (Lipinski definition) is 1. The van der Waals surface area contributed by atoms with E-state index in [0.717, 1.165) is 33.9 Å². The number of benzene rings is 4. The lowest BCUT2D eigenvalue weighted by atomic mass is 9.99. The second kappa shape index (κ2) is 8.73. The summed E-state index contributed by atoms with van der Waals surface area (Å²) < 4.78 is 0. The number of allylic oxidation sites excluding steroid dienone is 2. The summed E-state index contributed by atoms with van der Waals surface area (Å²) in [5.74, 6) is 0. The van der Waals surface area contributed by atoms with Crippen LogP contribution in [0.4, 0.5) is 0 Å². The van der Waals surface area contributed by atoms with Crippen molar-refractivity contribution < 1.29 is 0 Å². The molecule has 1 aliphatic rings. The number of fused-ring (bicyclic) bond motifs is 1. The van der Waals surface area contributed by atoms with Crippen molar-refractivity contribution in [1.29, 1.82) is 0 Å². The van der Waals surface area contributed by atoms with Crippen molar-refractivity contribution in [3.8, 4) is 11.3 Å². The molecule has 4 aromatic carbocycles. The van der Waals surface area contributed by atoms with E-state index in [2.05, 4.69) is 128 Å². The zero-order valence-corrected chi connectivity index (χ0v) is 19.9. The number of H-pyrrole nitrogens is 1. The third kappa shape index (κ3) is 3.94. The lowest BCUT2D eigenvalue weighted by Crippen LogP contribution is -1.92. The highest BCUT2D eigenvalue weighted by atomic mass is 14.8. The van der Waals surface area contributed by atoms with Gasteiger partial charge < -0.3 is 4.98 Å². The highest BCUT2D eigenvalue weighted by molar-refractivity contribution is 6.19. The van der Waals surface area contributed by atoms with Gasteiger partial charge in [0.25, 0.3) is 0 Å². The second-order valence-electron chi connectivity index (χ2n) is 9.08. The Morgan fingerprint density at radius 3 is 1.80 bits per heavy atom. The van der Waals surface area contributed by atoms with Crippen LogP contribution in [0.1, 0.15) is 27.9 Å². The van der Waals surface area contributed by atoms with Gasteiger partial charge in [0.1, 0.15) is 0 Å². The molecular weight excluding hydrogens is 424 g/mol. The summed E-state index contributed by atoms with van der Waals surface area (Å²) in [6, 6.07) is 36.1. The maximum atomic E-state index is 5.11. The maximum Gasteiger partial charge on any atom is 0.0737 e. The van der Waals surface area contributed by atoms with Gasteiger partial charge in [0.15, 0.2) is 0 Å². The zero-order chi connectivity index (χ0) is 23.8. The molecule has 0 unspecified atom stereocenters. The molecule has 0 saturated carbocycles. The number of hydrogen-bond donors (Lipinski definition) is 1. The smallest absolute Gasteiger partial charge is 0.0737 e. The van der Waals surface area contributed by atoms with Crippen molar-refractivity contribution in [2.24, 2.45) is 4.99 Å². The van der Waals surface area contributed by atoms with Gasteiger partial charge in [-0.2, -0.15) is 0 Å². The fraction of sp³-hybridized carbons (Fsp3) is 0.0606. The van der Waals surface area contributed by atoms with Crippen LogP contribution in [-0.2, 0) is 0 Å². The van der Waals surface area contributed by atoms with Crippen molar-refractivity contribution in [3.63, 3.8) is 0 Å². The molecule has 0 amide bonds. The monoisotopic (exact) mass is 450 g/mol. The Labute approximate surface area is 206 Å². The van der Waals surface area contributed by atoms with Gasteiger partial charge in [0, 0.05) is 27.6 Å². The Bertz CT molecular complexity index is 1620. The Balaban J connectivity index is 1.56. The summed E-state index contributed by atoms with van der Waals surface area (Å²) in [6.07, 6.45) is 4.41. The topological polar surface area (TPSA) is 28.1 Å². The minimum atomic E-state index is 0.969. The van der Waals surface area contributed by atoms with Crippen LogP contribution in [0.5, 0.6) is 0 Å². The number of rotatable bonds is 4. The summed E-state index contributed by atoms with van der Waals surface area (Å²) >= 11 is 0. The lowest BCUT2D eigenvalue weighted by molar-refractivity contribution is 1.36. The molecule has 1 aliphatic heterocycles. The minimum Gasteiger partial charge on any atom is -0.354 e. The molecule has 168 valence electrons. The average Bonchev–Trinajstić information content (AvgIpc) is 3.48. The molecule has 1 N–H and O–H groups in total. The van der Waals surface area contributed by atoms with Crippen LogP contribution in [0.15, 0.2) is 120 Å². The minimum absolute atomic E-state index is 0.969. The Kier molecular flexibility index (Phi) is 5.27. The van der Waals surface area contributed by atoms with Crippen molar-refractivity contribution in [2.45, 2.75) is 13.8 Å². The molecule has 2 heteroatoms. The second-order valence-corrected chi connectivity index (χ2v) is 9.08. The quantitative estimate of drug-likeness (QED) is 0.285. The van der Waals surface area contributed by atoms with Gasteiger partial charge in [-0.1, -0.05) is 91.0 Å². The molecule has 0 fully saturated rings. The molecule has 35 heavy (non-hydrogen) atoms. The predicted molar refractivity (Wildman–Crippen MR) is 149 cm³/mol. The van der Waals surface area contributed by atoms with E-state index in [1.165, 1.54) is 33.0 Å². The van der Waals surface area contributed by atoms with Crippen LogP contribution >= 0.6 is 0 Å². The molecule has 2 nitrogen and oxygen atoms in total. The average molecular weight is 451 g/mol. The molecule has 0 spiro atoms. The van der Waals surface area contributed by atoms with Gasteiger partial charge in [0.2, 0.25) is 0 Å². The first kappa shape index (κ1) is 21.1. The van der Waals surface area contributed by atoms with E-state index in [9.17, 15) is 0 Å². The normalized spacial score (nSPS) is 14.4. The fourth-order valence-electron chi connectivity index (χ4n) is 4.75. The summed E-state index contributed by atoms with van der Waals surface area (Å²) in [7, 11) is 0. The largest absolute Gasteiger partial charge is 0.354 e. The third-order valence-corrected chi connectivity index (χ3v) is 6.75. The Morgan fingerprint density at radius 1 is 0.629 bits per heavy atom. The van der Waals surface area contributed by atoms with E-state index in [4.69, 9.17) is 4.99 Å². The third-order valence-electron chi connectivity index (χ3n) is 6.75. The van der Waals surface area contributed by atoms with Gasteiger partial charge in [0.05, 0.1) is 17.1 Å². The van der Waals surface area contributed by atoms with Crippen molar-refractivity contribution in [1.82, 2.24) is 4.98 Å². The number of aromatic amines is 1. The number of aliphatic imine (C=N–C) groups is 1. The van der Waals surface area contributed by atoms with Crippen LogP contribution in [0.3, 0.4) is 0 Å². The van der Waals surface area contributed by atoms with Gasteiger partial charge in [-0.3, -0.25) is 0 Å². The van der Waals surface area contributed by atoms with Crippen LogP contribution in [0, 0.1) is 13.8 Å². The maximum absolute atomic E-state index is 5.11. The van der Waals surface area contributed by atoms with Crippen molar-refractivity contribution in [2.75, 3.05) is 0 Å². The summed E-state index contributed by atoms with van der Waals surface area (Å²) in [6.45, 7) is 4.36. The van der Waals surface area contributed by atoms with E-state index in [1.807, 2.05) is 6.07 Å². The molecule has 5 aromatic rings. The summed E-state index contributed by atoms with van der Waals surface area (Å²) in [5, 5.41) is 2.46. The van der Waals surface area contributed by atoms with E-state index in [-0.39, 0.29) is 0 Å². The first-order valence-corrected chi connectivity index (χ1v) is 12.0. The van der Waals surface area contributed by atoms with Crippen LogP contribution in [0.2, 0.25) is 0 Å². The number of nitrogens with one attached hydrogen (secondary N) is 1. The Morgan fingerprint density at radius 2 is 1.17 bits per heavy atom. The number of nitrogens with zero attached hydrogens (tertiary/aromatic N) is 1. The zero-order valence-electron chi connectivity index (χ0n) is 19.9. The molecule has 0 saturated heterocycles. The van der Waals surface area contributed by atoms with Crippen molar-refractivity contribution in [3.05, 3.63) is 143 Å². The van der Waals surface area contributed by atoms with Crippen LogP contribution < -0.4 is 0 Å². The number of aromatic nitrogens is 1. The molecule has 2 heterocycles. The number of aryl methyl sites for hydroxylation is 2. The molecule has 6 rings (SSSR count). The molecule has 0 aliphatic carbocycles. The van der Waals surface area contributed by atoms with E-state index in [0.29, 0.717) is 0 Å². The predicted octanol–water partition coefficient (Wildman–Crippen LogP) is 8.38. The van der Waals surface area contributed by atoms with Gasteiger partial charge in [-0.05, 0) is 60.4 Å². The van der Waals surface area contributed by atoms with E-state index in [1.54, 1.807) is 0 Å². The highest BCUT2D eigenvalue weighted by Crippen LogP contribution is 2.37. The Hall–Kier alpha value is -4.43. The van der Waals surface area contributed by atoms with Gasteiger partial charge in [-0.15, -0.1) is 0 Å². The molecule has 0 atom stereocenters. The molecular formula is C33H26N2. The van der Waals surface area contributed by atoms with Crippen LogP contribution in [-0.4, -0.2) is 10.7 Å². The first-order valence-electron chi connectivity index (χ1n) is 12.0. The molecule has 0 bridgehead atoms. The fourth-order valence-corrected chi connectivity index (χ4v) is 4.75. The van der Waals surface area contributed by atoms with Crippen molar-refractivity contribution >= 4 is 28.1 Å². The molecule has 1 aromatic heterocycles. The van der Waals surface area contributed by atoms with E-state index >= 15 is 0 Å². The summed E-state index contributed by atoms with van der Waals surface area (Å²) in [4.78, 5) is 8.85.